The number of hydrogen-bond donors (Lipinski definition) is 1. The van der Waals surface area contributed by atoms with Crippen molar-refractivity contribution in [2.24, 2.45) is 0 Å². The molecule has 0 spiro atoms. The maximum atomic E-state index is 12.2. The van der Waals surface area contributed by atoms with Crippen LogP contribution in [0.3, 0.4) is 0 Å². The van der Waals surface area contributed by atoms with E-state index in [1.165, 1.54) is 4.90 Å². The second kappa shape index (κ2) is 6.68. The van der Waals surface area contributed by atoms with Gasteiger partial charge in [0.1, 0.15) is 12.3 Å². The summed E-state index contributed by atoms with van der Waals surface area (Å²) >= 11 is 0. The number of carbonyl (C=O) groups excluding carboxylic acids is 2. The number of piperazine rings is 1. The number of benzene rings is 1. The zero-order valence-electron chi connectivity index (χ0n) is 13.5. The minimum absolute atomic E-state index is 0.0471. The second-order valence-electron chi connectivity index (χ2n) is 5.81. The van der Waals surface area contributed by atoms with Gasteiger partial charge in [0.15, 0.2) is 0 Å². The Morgan fingerprint density at radius 2 is 2.05 bits per heavy atom. The van der Waals surface area contributed by atoms with Crippen molar-refractivity contribution >= 4 is 17.6 Å². The Bertz CT molecular complexity index is 572. The predicted octanol–water partition coefficient (Wildman–Crippen LogP) is 2.09. The lowest BCUT2D eigenvalue weighted by atomic mass is 10.2. The van der Waals surface area contributed by atoms with E-state index in [0.717, 1.165) is 11.3 Å². The van der Waals surface area contributed by atoms with Crippen LogP contribution in [-0.4, -0.2) is 54.5 Å². The zero-order chi connectivity index (χ0) is 16.3. The molecule has 1 heterocycles. The first-order valence-corrected chi connectivity index (χ1v) is 7.44. The molecule has 1 N–H and O–H groups in total. The van der Waals surface area contributed by atoms with Gasteiger partial charge < -0.3 is 19.9 Å². The van der Waals surface area contributed by atoms with E-state index in [-0.39, 0.29) is 24.6 Å². The van der Waals surface area contributed by atoms with Crippen LogP contribution in [0.4, 0.5) is 10.5 Å². The van der Waals surface area contributed by atoms with Crippen molar-refractivity contribution in [1.29, 1.82) is 0 Å². The number of urea groups is 1. The van der Waals surface area contributed by atoms with Crippen LogP contribution in [0, 0.1) is 6.92 Å². The second-order valence-corrected chi connectivity index (χ2v) is 5.81. The average molecular weight is 305 g/mol. The molecule has 22 heavy (non-hydrogen) atoms. The first kappa shape index (κ1) is 16.1. The summed E-state index contributed by atoms with van der Waals surface area (Å²) in [4.78, 5) is 27.1. The fourth-order valence-corrected chi connectivity index (χ4v) is 2.19. The van der Waals surface area contributed by atoms with Gasteiger partial charge >= 0.3 is 6.03 Å². The van der Waals surface area contributed by atoms with Gasteiger partial charge in [-0.05, 0) is 32.4 Å². The third-order valence-electron chi connectivity index (χ3n) is 3.55. The summed E-state index contributed by atoms with van der Waals surface area (Å²) in [6.07, 6.45) is 0.0694. The lowest BCUT2D eigenvalue weighted by Crippen LogP contribution is -2.51. The van der Waals surface area contributed by atoms with E-state index in [1.807, 2.05) is 39.0 Å². The summed E-state index contributed by atoms with van der Waals surface area (Å²) in [5.41, 5.74) is 1.68. The van der Waals surface area contributed by atoms with Crippen molar-refractivity contribution in [1.82, 2.24) is 9.80 Å². The van der Waals surface area contributed by atoms with Gasteiger partial charge in [0.25, 0.3) is 0 Å². The van der Waals surface area contributed by atoms with Gasteiger partial charge in [0, 0.05) is 31.9 Å². The van der Waals surface area contributed by atoms with E-state index in [0.29, 0.717) is 18.8 Å². The van der Waals surface area contributed by atoms with E-state index >= 15 is 0 Å². The Balaban J connectivity index is 2.04. The third-order valence-corrected chi connectivity index (χ3v) is 3.55. The highest BCUT2D eigenvalue weighted by Crippen LogP contribution is 2.24. The maximum absolute atomic E-state index is 12.2. The van der Waals surface area contributed by atoms with Crippen LogP contribution >= 0.6 is 0 Å². The van der Waals surface area contributed by atoms with Crippen LogP contribution in [0.15, 0.2) is 18.2 Å². The summed E-state index contributed by atoms with van der Waals surface area (Å²) in [7, 11) is 1.74. The van der Waals surface area contributed by atoms with Crippen molar-refractivity contribution in [2.45, 2.75) is 26.9 Å². The Labute approximate surface area is 131 Å². The van der Waals surface area contributed by atoms with E-state index < -0.39 is 0 Å². The molecule has 0 atom stereocenters. The number of nitrogens with one attached hydrogen (secondary N) is 1. The van der Waals surface area contributed by atoms with Crippen LogP contribution < -0.4 is 10.1 Å². The van der Waals surface area contributed by atoms with Crippen molar-refractivity contribution in [2.75, 3.05) is 32.0 Å². The molecule has 1 aliphatic heterocycles. The van der Waals surface area contributed by atoms with Gasteiger partial charge in [-0.3, -0.25) is 4.79 Å². The fourth-order valence-electron chi connectivity index (χ4n) is 2.19. The fraction of sp³-hybridized carbons (Fsp3) is 0.500. The van der Waals surface area contributed by atoms with Crippen LogP contribution in [0.25, 0.3) is 0 Å². The average Bonchev–Trinajstić information content (AvgIpc) is 2.45. The molecular weight excluding hydrogens is 282 g/mol. The van der Waals surface area contributed by atoms with E-state index in [2.05, 4.69) is 5.32 Å². The van der Waals surface area contributed by atoms with Crippen LogP contribution in [0.1, 0.15) is 19.4 Å². The highest BCUT2D eigenvalue weighted by atomic mass is 16.5. The van der Waals surface area contributed by atoms with E-state index in [1.54, 1.807) is 11.9 Å². The lowest BCUT2D eigenvalue weighted by molar-refractivity contribution is -0.133. The van der Waals surface area contributed by atoms with Gasteiger partial charge in [-0.2, -0.15) is 0 Å². The first-order valence-electron chi connectivity index (χ1n) is 7.44. The summed E-state index contributed by atoms with van der Waals surface area (Å²) in [6.45, 7) is 7.09. The highest BCUT2D eigenvalue weighted by molar-refractivity contribution is 5.93. The number of amides is 3. The van der Waals surface area contributed by atoms with Gasteiger partial charge in [-0.15, -0.1) is 0 Å². The lowest BCUT2D eigenvalue weighted by Gasteiger charge is -2.32. The van der Waals surface area contributed by atoms with Crippen LogP contribution in [0.2, 0.25) is 0 Å². The highest BCUT2D eigenvalue weighted by Gasteiger charge is 2.24. The number of nitrogens with zero attached hydrogens (tertiary/aromatic N) is 2. The molecule has 1 fully saturated rings. The van der Waals surface area contributed by atoms with Gasteiger partial charge in [-0.1, -0.05) is 6.07 Å². The summed E-state index contributed by atoms with van der Waals surface area (Å²) in [6, 6.07) is 5.28. The smallest absolute Gasteiger partial charge is 0.322 e. The molecule has 3 amide bonds. The van der Waals surface area contributed by atoms with Crippen molar-refractivity contribution in [3.05, 3.63) is 23.8 Å². The third kappa shape index (κ3) is 3.90. The molecule has 0 radical (unpaired) electrons. The number of hydrogen-bond acceptors (Lipinski definition) is 3. The first-order chi connectivity index (χ1) is 10.4. The quantitative estimate of drug-likeness (QED) is 0.930. The molecule has 0 aliphatic carbocycles. The topological polar surface area (TPSA) is 61.9 Å². The molecule has 0 bridgehead atoms. The number of ether oxygens (including phenoxy) is 1. The SMILES string of the molecule is Cc1ccc(NC(=O)N2CCN(C)C(=O)C2)cc1OC(C)C. The Morgan fingerprint density at radius 3 is 2.68 bits per heavy atom. The van der Waals surface area contributed by atoms with Gasteiger partial charge in [-0.25, -0.2) is 4.79 Å². The predicted molar refractivity (Wildman–Crippen MR) is 85.2 cm³/mol. The number of carbonyl (C=O) groups is 2. The van der Waals surface area contributed by atoms with Gasteiger partial charge in [0.2, 0.25) is 5.91 Å². The Morgan fingerprint density at radius 1 is 1.32 bits per heavy atom. The standard InChI is InChI=1S/C16H23N3O3/c1-11(2)22-14-9-13(6-5-12(14)3)17-16(21)19-8-7-18(4)15(20)10-19/h5-6,9,11H,7-8,10H2,1-4H3,(H,17,21). The number of aryl methyl sites for hydroxylation is 1. The zero-order valence-corrected chi connectivity index (χ0v) is 13.5. The molecule has 1 saturated heterocycles. The number of anilines is 1. The van der Waals surface area contributed by atoms with Gasteiger partial charge in [0.05, 0.1) is 6.10 Å². The minimum atomic E-state index is -0.263. The van der Waals surface area contributed by atoms with Crippen molar-refractivity contribution in [3.63, 3.8) is 0 Å². The molecule has 0 aromatic heterocycles. The molecule has 6 heteroatoms. The molecule has 0 saturated carbocycles. The molecule has 0 unspecified atom stereocenters. The van der Waals surface area contributed by atoms with Crippen LogP contribution in [-0.2, 0) is 4.79 Å². The van der Waals surface area contributed by atoms with Crippen LogP contribution in [0.5, 0.6) is 5.75 Å². The van der Waals surface area contributed by atoms with E-state index in [9.17, 15) is 9.59 Å². The maximum Gasteiger partial charge on any atom is 0.322 e. The van der Waals surface area contributed by atoms with Crippen molar-refractivity contribution in [3.8, 4) is 5.75 Å². The molecule has 1 aromatic rings. The molecular formula is C16H23N3O3. The van der Waals surface area contributed by atoms with E-state index in [4.69, 9.17) is 4.74 Å². The molecule has 1 aromatic carbocycles. The number of likely N-dealkylation sites (N-methyl/N-ethyl adjacent to an activating group) is 1. The molecule has 1 aliphatic rings. The normalized spacial score (nSPS) is 15.2. The Kier molecular flexibility index (Phi) is 4.90. The number of rotatable bonds is 3. The monoisotopic (exact) mass is 305 g/mol. The molecule has 120 valence electrons. The Hall–Kier alpha value is -2.24. The molecule has 2 rings (SSSR count). The largest absolute Gasteiger partial charge is 0.491 e. The summed E-state index contributed by atoms with van der Waals surface area (Å²) in [5.74, 6) is 0.705. The summed E-state index contributed by atoms with van der Waals surface area (Å²) < 4.78 is 5.72. The molecule has 6 nitrogen and oxygen atoms in total. The summed E-state index contributed by atoms with van der Waals surface area (Å²) in [5, 5.41) is 2.82. The van der Waals surface area contributed by atoms with Crippen molar-refractivity contribution < 1.29 is 14.3 Å². The minimum Gasteiger partial charge on any atom is -0.491 e.